The third kappa shape index (κ3) is 1.89. The first-order chi connectivity index (χ1) is 9.40. The topological polar surface area (TPSA) is 18.5 Å². The van der Waals surface area contributed by atoms with Gasteiger partial charge in [0.1, 0.15) is 0 Å². The normalized spacial score (nSPS) is 16.4. The highest BCUT2D eigenvalue weighted by atomic mass is 16.7. The van der Waals surface area contributed by atoms with Gasteiger partial charge in [0.05, 0.1) is 13.2 Å². The van der Waals surface area contributed by atoms with Crippen molar-refractivity contribution in [1.82, 2.24) is 0 Å². The van der Waals surface area contributed by atoms with Crippen LogP contribution in [0, 0.1) is 0 Å². The molecule has 4 rings (SSSR count). The van der Waals surface area contributed by atoms with E-state index in [9.17, 15) is 0 Å². The highest BCUT2D eigenvalue weighted by molar-refractivity contribution is 5.98. The molecule has 2 heteroatoms. The summed E-state index contributed by atoms with van der Waals surface area (Å²) < 4.78 is 11.1. The van der Waals surface area contributed by atoms with Gasteiger partial charge in [-0.1, -0.05) is 36.4 Å². The minimum absolute atomic E-state index is 0.198. The maximum absolute atomic E-state index is 5.55. The van der Waals surface area contributed by atoms with E-state index in [-0.39, 0.29) is 6.29 Å². The molecule has 0 N–H and O–H groups in total. The predicted molar refractivity (Wildman–Crippen MR) is 76.1 cm³/mol. The number of hydrogen-bond acceptors (Lipinski definition) is 2. The maximum atomic E-state index is 5.55. The lowest BCUT2D eigenvalue weighted by atomic mass is 10.0. The van der Waals surface area contributed by atoms with Crippen LogP contribution >= 0.6 is 0 Å². The first-order valence-electron chi connectivity index (χ1n) is 6.56. The van der Waals surface area contributed by atoms with E-state index in [1.54, 1.807) is 0 Å². The molecule has 0 saturated carbocycles. The van der Waals surface area contributed by atoms with Crippen LogP contribution in [0.15, 0.2) is 54.6 Å². The molecule has 0 unspecified atom stereocenters. The Balaban J connectivity index is 1.89. The molecule has 19 heavy (non-hydrogen) atoms. The Labute approximate surface area is 111 Å². The van der Waals surface area contributed by atoms with Crippen molar-refractivity contribution in [1.29, 1.82) is 0 Å². The fraction of sp³-hybridized carbons (Fsp3) is 0.176. The van der Waals surface area contributed by atoms with Crippen molar-refractivity contribution in [3.05, 3.63) is 60.2 Å². The molecule has 0 aromatic heterocycles. The summed E-state index contributed by atoms with van der Waals surface area (Å²) in [4.78, 5) is 0. The molecule has 1 fully saturated rings. The molecule has 1 aliphatic heterocycles. The summed E-state index contributed by atoms with van der Waals surface area (Å²) in [5.74, 6) is 0. The molecule has 2 nitrogen and oxygen atoms in total. The third-order valence-electron chi connectivity index (χ3n) is 3.62. The number of fused-ring (bicyclic) bond motifs is 2. The van der Waals surface area contributed by atoms with Gasteiger partial charge in [0.25, 0.3) is 0 Å². The lowest BCUT2D eigenvalue weighted by molar-refractivity contribution is -0.0440. The van der Waals surface area contributed by atoms with Gasteiger partial charge in [-0.25, -0.2) is 0 Å². The van der Waals surface area contributed by atoms with Crippen molar-refractivity contribution in [2.45, 2.75) is 6.29 Å². The van der Waals surface area contributed by atoms with Crippen LogP contribution in [0.3, 0.4) is 0 Å². The van der Waals surface area contributed by atoms with E-state index >= 15 is 0 Å². The van der Waals surface area contributed by atoms with Gasteiger partial charge in [0, 0.05) is 5.56 Å². The molecular formula is C17H14O2. The number of hydrogen-bond donors (Lipinski definition) is 0. The monoisotopic (exact) mass is 250 g/mol. The minimum Gasteiger partial charge on any atom is -0.346 e. The van der Waals surface area contributed by atoms with Crippen molar-refractivity contribution in [2.75, 3.05) is 13.2 Å². The molecular weight excluding hydrogens is 236 g/mol. The second-order valence-electron chi connectivity index (χ2n) is 4.88. The molecule has 94 valence electrons. The summed E-state index contributed by atoms with van der Waals surface area (Å²) in [5, 5.41) is 5.02. The lowest BCUT2D eigenvalue weighted by Crippen LogP contribution is -1.97. The van der Waals surface area contributed by atoms with Gasteiger partial charge in [-0.15, -0.1) is 0 Å². The quantitative estimate of drug-likeness (QED) is 0.607. The molecule has 1 heterocycles. The van der Waals surface area contributed by atoms with Crippen molar-refractivity contribution >= 4 is 21.5 Å². The minimum atomic E-state index is -0.198. The van der Waals surface area contributed by atoms with Crippen LogP contribution in [-0.4, -0.2) is 13.2 Å². The van der Waals surface area contributed by atoms with Crippen LogP contribution in [0.1, 0.15) is 11.9 Å². The fourth-order valence-electron chi connectivity index (χ4n) is 2.66. The first-order valence-corrected chi connectivity index (χ1v) is 6.56. The number of benzene rings is 3. The molecule has 0 bridgehead atoms. The molecule has 1 aliphatic rings. The summed E-state index contributed by atoms with van der Waals surface area (Å²) in [5.41, 5.74) is 1.10. The number of rotatable bonds is 1. The summed E-state index contributed by atoms with van der Waals surface area (Å²) >= 11 is 0. The Hall–Kier alpha value is -1.90. The van der Waals surface area contributed by atoms with E-state index in [1.165, 1.54) is 21.5 Å². The summed E-state index contributed by atoms with van der Waals surface area (Å²) in [6.45, 7) is 1.36. The fourth-order valence-corrected chi connectivity index (χ4v) is 2.66. The van der Waals surface area contributed by atoms with Gasteiger partial charge in [0.2, 0.25) is 0 Å². The van der Waals surface area contributed by atoms with Gasteiger partial charge in [-0.3, -0.25) is 0 Å². The largest absolute Gasteiger partial charge is 0.346 e. The van der Waals surface area contributed by atoms with E-state index < -0.39 is 0 Å². The molecule has 0 amide bonds. The van der Waals surface area contributed by atoms with Gasteiger partial charge in [-0.2, -0.15) is 0 Å². The molecule has 3 aromatic rings. The van der Waals surface area contributed by atoms with Crippen LogP contribution < -0.4 is 0 Å². The van der Waals surface area contributed by atoms with E-state index in [1.807, 2.05) is 0 Å². The zero-order chi connectivity index (χ0) is 12.7. The highest BCUT2D eigenvalue weighted by Crippen LogP contribution is 2.28. The van der Waals surface area contributed by atoms with Crippen molar-refractivity contribution in [2.24, 2.45) is 0 Å². The smallest absolute Gasteiger partial charge is 0.184 e. The third-order valence-corrected chi connectivity index (χ3v) is 3.62. The van der Waals surface area contributed by atoms with Crippen molar-refractivity contribution in [3.8, 4) is 0 Å². The van der Waals surface area contributed by atoms with Gasteiger partial charge < -0.3 is 9.47 Å². The maximum Gasteiger partial charge on any atom is 0.184 e. The lowest BCUT2D eigenvalue weighted by Gasteiger charge is -2.10. The van der Waals surface area contributed by atoms with Crippen molar-refractivity contribution < 1.29 is 9.47 Å². The summed E-state index contributed by atoms with van der Waals surface area (Å²) in [7, 11) is 0. The summed E-state index contributed by atoms with van der Waals surface area (Å²) in [6.07, 6.45) is -0.198. The summed E-state index contributed by atoms with van der Waals surface area (Å²) in [6, 6.07) is 19.3. The Morgan fingerprint density at radius 1 is 0.684 bits per heavy atom. The van der Waals surface area contributed by atoms with E-state index in [0.29, 0.717) is 13.2 Å². The Bertz CT molecular complexity index is 742. The van der Waals surface area contributed by atoms with Crippen LogP contribution in [0.25, 0.3) is 21.5 Å². The van der Waals surface area contributed by atoms with Crippen LogP contribution in [0.2, 0.25) is 0 Å². The van der Waals surface area contributed by atoms with Gasteiger partial charge in [-0.05, 0) is 39.7 Å². The van der Waals surface area contributed by atoms with E-state index in [2.05, 4.69) is 54.6 Å². The van der Waals surface area contributed by atoms with Gasteiger partial charge >= 0.3 is 0 Å². The number of ether oxygens (including phenoxy) is 2. The average molecular weight is 250 g/mol. The standard InChI is InChI=1S/C17H14O2/c1-2-4-13-10-16-11-15(17-18-7-8-19-17)6-5-14(16)9-12(13)3-1/h1-6,9-11,17H,7-8H2. The van der Waals surface area contributed by atoms with Crippen LogP contribution in [-0.2, 0) is 9.47 Å². The Morgan fingerprint density at radius 2 is 1.32 bits per heavy atom. The second kappa shape index (κ2) is 4.34. The zero-order valence-electron chi connectivity index (χ0n) is 10.5. The van der Waals surface area contributed by atoms with Crippen molar-refractivity contribution in [3.63, 3.8) is 0 Å². The van der Waals surface area contributed by atoms with Gasteiger partial charge in [0.15, 0.2) is 6.29 Å². The molecule has 0 spiro atoms. The SMILES string of the molecule is c1ccc2cc3cc(C4OCCO4)ccc3cc2c1. The molecule has 0 atom stereocenters. The molecule has 1 saturated heterocycles. The second-order valence-corrected chi connectivity index (χ2v) is 4.88. The predicted octanol–water partition coefficient (Wildman–Crippen LogP) is 4.04. The van der Waals surface area contributed by atoms with E-state index in [4.69, 9.17) is 9.47 Å². The molecule has 0 aliphatic carbocycles. The average Bonchev–Trinajstić information content (AvgIpc) is 2.98. The van der Waals surface area contributed by atoms with Crippen LogP contribution in [0.4, 0.5) is 0 Å². The molecule has 3 aromatic carbocycles. The molecule has 0 radical (unpaired) electrons. The highest BCUT2D eigenvalue weighted by Gasteiger charge is 2.18. The zero-order valence-corrected chi connectivity index (χ0v) is 10.5. The Kier molecular flexibility index (Phi) is 2.50. The first kappa shape index (κ1) is 11.0. The van der Waals surface area contributed by atoms with Crippen LogP contribution in [0.5, 0.6) is 0 Å². The Morgan fingerprint density at radius 3 is 2.05 bits per heavy atom. The van der Waals surface area contributed by atoms with E-state index in [0.717, 1.165) is 5.56 Å².